The monoisotopic (exact) mass is 319 g/mol. The van der Waals surface area contributed by atoms with Crippen LogP contribution in [0.3, 0.4) is 0 Å². The Morgan fingerprint density at radius 2 is 1.65 bits per heavy atom. The van der Waals surface area contributed by atoms with E-state index in [-0.39, 0.29) is 17.7 Å². The normalized spacial score (nSPS) is 10.0. The van der Waals surface area contributed by atoms with Crippen molar-refractivity contribution in [1.82, 2.24) is 16.2 Å². The third kappa shape index (κ3) is 7.99. The van der Waals surface area contributed by atoms with Crippen LogP contribution in [0.25, 0.3) is 0 Å². The van der Waals surface area contributed by atoms with Gasteiger partial charge in [-0.25, -0.2) is 0 Å². The number of unbranched alkanes of at least 4 members (excludes halogenated alkanes) is 2. The Morgan fingerprint density at radius 3 is 2.26 bits per heavy atom. The lowest BCUT2D eigenvalue weighted by molar-refractivity contribution is -0.122. The maximum Gasteiger partial charge on any atom is 0.269 e. The molecule has 23 heavy (non-hydrogen) atoms. The number of rotatable bonds is 8. The van der Waals surface area contributed by atoms with Crippen LogP contribution in [0.2, 0.25) is 0 Å². The fourth-order valence-electron chi connectivity index (χ4n) is 2.00. The van der Waals surface area contributed by atoms with E-state index in [1.807, 2.05) is 19.1 Å². The maximum atomic E-state index is 11.9. The van der Waals surface area contributed by atoms with Crippen molar-refractivity contribution in [2.24, 2.45) is 0 Å². The lowest BCUT2D eigenvalue weighted by atomic mass is 10.1. The summed E-state index contributed by atoms with van der Waals surface area (Å²) in [6.45, 7) is 4.15. The Kier molecular flexibility index (Phi) is 8.42. The first-order valence-electron chi connectivity index (χ1n) is 7.95. The molecule has 6 nitrogen and oxygen atoms in total. The highest BCUT2D eigenvalue weighted by molar-refractivity contribution is 5.95. The smallest absolute Gasteiger partial charge is 0.269 e. The number of aryl methyl sites for hydroxylation is 1. The minimum Gasteiger partial charge on any atom is -0.356 e. The fourth-order valence-corrected chi connectivity index (χ4v) is 2.00. The molecule has 0 radical (unpaired) electrons. The molecular formula is C17H25N3O3. The average molecular weight is 319 g/mol. The van der Waals surface area contributed by atoms with Crippen molar-refractivity contribution >= 4 is 17.7 Å². The molecule has 0 aromatic heterocycles. The van der Waals surface area contributed by atoms with E-state index >= 15 is 0 Å². The minimum atomic E-state index is -0.327. The van der Waals surface area contributed by atoms with Crippen molar-refractivity contribution < 1.29 is 14.4 Å². The summed E-state index contributed by atoms with van der Waals surface area (Å²) in [5.41, 5.74) is 6.49. The summed E-state index contributed by atoms with van der Waals surface area (Å²) in [6, 6.07) is 7.27. The standard InChI is InChI=1S/C17H25N3O3/c1-3-14-8-10-15(11-9-14)17(23)20-19-16(22)7-5-4-6-12-18-13(2)21/h8-11H,3-7,12H2,1-2H3,(H,18,21)(H,19,22)(H,20,23). The highest BCUT2D eigenvalue weighted by Gasteiger charge is 2.07. The molecule has 1 rings (SSSR count). The first-order chi connectivity index (χ1) is 11.0. The van der Waals surface area contributed by atoms with E-state index in [1.54, 1.807) is 12.1 Å². The van der Waals surface area contributed by atoms with E-state index in [0.29, 0.717) is 24.9 Å². The molecule has 0 unspecified atom stereocenters. The number of hydrogen-bond donors (Lipinski definition) is 3. The summed E-state index contributed by atoms with van der Waals surface area (Å²) >= 11 is 0. The zero-order chi connectivity index (χ0) is 17.1. The Bertz CT molecular complexity index is 526. The van der Waals surface area contributed by atoms with E-state index in [1.165, 1.54) is 6.92 Å². The molecule has 0 bridgehead atoms. The molecule has 6 heteroatoms. The Morgan fingerprint density at radius 1 is 0.957 bits per heavy atom. The van der Waals surface area contributed by atoms with Crippen LogP contribution in [0, 0.1) is 0 Å². The van der Waals surface area contributed by atoms with Crippen LogP contribution in [0.5, 0.6) is 0 Å². The van der Waals surface area contributed by atoms with Crippen LogP contribution in [-0.2, 0) is 16.0 Å². The molecule has 0 aliphatic carbocycles. The lowest BCUT2D eigenvalue weighted by Crippen LogP contribution is -2.41. The van der Waals surface area contributed by atoms with Crippen LogP contribution in [0.15, 0.2) is 24.3 Å². The molecule has 126 valence electrons. The Balaban J connectivity index is 2.17. The first-order valence-corrected chi connectivity index (χ1v) is 7.95. The minimum absolute atomic E-state index is 0.0441. The second-order valence-electron chi connectivity index (χ2n) is 5.35. The van der Waals surface area contributed by atoms with E-state index in [9.17, 15) is 14.4 Å². The number of nitrogens with one attached hydrogen (secondary N) is 3. The number of hydrogen-bond acceptors (Lipinski definition) is 3. The molecule has 3 amide bonds. The van der Waals surface area contributed by atoms with Crippen LogP contribution in [0.4, 0.5) is 0 Å². The zero-order valence-electron chi connectivity index (χ0n) is 13.8. The number of carbonyl (C=O) groups is 3. The Hall–Kier alpha value is -2.37. The van der Waals surface area contributed by atoms with Gasteiger partial charge in [0.05, 0.1) is 0 Å². The summed E-state index contributed by atoms with van der Waals surface area (Å²) in [5, 5.41) is 2.70. The van der Waals surface area contributed by atoms with Gasteiger partial charge in [0, 0.05) is 25.5 Å². The molecule has 0 aliphatic rings. The Labute approximate surface area is 137 Å². The van der Waals surface area contributed by atoms with Crippen molar-refractivity contribution in [2.45, 2.75) is 46.0 Å². The third-order valence-electron chi connectivity index (χ3n) is 3.39. The van der Waals surface area contributed by atoms with E-state index in [0.717, 1.165) is 24.8 Å². The molecule has 3 N–H and O–H groups in total. The number of hydrazine groups is 1. The van der Waals surface area contributed by atoms with Gasteiger partial charge in [-0.2, -0.15) is 0 Å². The third-order valence-corrected chi connectivity index (χ3v) is 3.39. The molecule has 0 atom stereocenters. The van der Waals surface area contributed by atoms with E-state index in [4.69, 9.17) is 0 Å². The second-order valence-corrected chi connectivity index (χ2v) is 5.35. The molecule has 1 aromatic rings. The lowest BCUT2D eigenvalue weighted by Gasteiger charge is -2.08. The van der Waals surface area contributed by atoms with Gasteiger partial charge in [-0.1, -0.05) is 25.5 Å². The molecule has 0 aliphatic heterocycles. The van der Waals surface area contributed by atoms with Crippen LogP contribution in [0.1, 0.15) is 55.5 Å². The summed E-state index contributed by atoms with van der Waals surface area (Å²) in [7, 11) is 0. The second kappa shape index (κ2) is 10.4. The molecule has 0 spiro atoms. The van der Waals surface area contributed by atoms with E-state index < -0.39 is 0 Å². The predicted octanol–water partition coefficient (Wildman–Crippen LogP) is 1.71. The maximum absolute atomic E-state index is 11.9. The quantitative estimate of drug-likeness (QED) is 0.503. The van der Waals surface area contributed by atoms with E-state index in [2.05, 4.69) is 16.2 Å². The SMILES string of the molecule is CCc1ccc(C(=O)NNC(=O)CCCCCNC(C)=O)cc1. The fraction of sp³-hybridized carbons (Fsp3) is 0.471. The van der Waals surface area contributed by atoms with Crippen molar-refractivity contribution in [3.05, 3.63) is 35.4 Å². The van der Waals surface area contributed by atoms with Crippen molar-refractivity contribution in [1.29, 1.82) is 0 Å². The molecule has 1 aromatic carbocycles. The van der Waals surface area contributed by atoms with Gasteiger partial charge in [-0.15, -0.1) is 0 Å². The van der Waals surface area contributed by atoms with Gasteiger partial charge in [-0.3, -0.25) is 25.2 Å². The van der Waals surface area contributed by atoms with Gasteiger partial charge < -0.3 is 5.32 Å². The number of carbonyl (C=O) groups excluding carboxylic acids is 3. The summed E-state index contributed by atoms with van der Waals surface area (Å²) in [4.78, 5) is 34.2. The van der Waals surface area contributed by atoms with Crippen molar-refractivity contribution in [2.75, 3.05) is 6.54 Å². The first kappa shape index (κ1) is 18.7. The zero-order valence-corrected chi connectivity index (χ0v) is 13.8. The largest absolute Gasteiger partial charge is 0.356 e. The van der Waals surface area contributed by atoms with Crippen LogP contribution < -0.4 is 16.2 Å². The van der Waals surface area contributed by atoms with Gasteiger partial charge in [-0.05, 0) is 37.0 Å². The highest BCUT2D eigenvalue weighted by atomic mass is 16.2. The molecular weight excluding hydrogens is 294 g/mol. The number of amides is 3. The van der Waals surface area contributed by atoms with Gasteiger partial charge in [0.1, 0.15) is 0 Å². The summed E-state index contributed by atoms with van der Waals surface area (Å²) in [6.07, 6.45) is 3.66. The summed E-state index contributed by atoms with van der Waals surface area (Å²) < 4.78 is 0. The van der Waals surface area contributed by atoms with Crippen molar-refractivity contribution in [3.8, 4) is 0 Å². The van der Waals surface area contributed by atoms with Crippen LogP contribution >= 0.6 is 0 Å². The molecule has 0 heterocycles. The van der Waals surface area contributed by atoms with Gasteiger partial charge >= 0.3 is 0 Å². The molecule has 0 fully saturated rings. The topological polar surface area (TPSA) is 87.3 Å². The van der Waals surface area contributed by atoms with Gasteiger partial charge in [0.15, 0.2) is 0 Å². The van der Waals surface area contributed by atoms with Gasteiger partial charge in [0.25, 0.3) is 5.91 Å². The predicted molar refractivity (Wildman–Crippen MR) is 88.6 cm³/mol. The van der Waals surface area contributed by atoms with Crippen molar-refractivity contribution in [3.63, 3.8) is 0 Å². The van der Waals surface area contributed by atoms with Crippen LogP contribution in [-0.4, -0.2) is 24.3 Å². The van der Waals surface area contributed by atoms with Gasteiger partial charge in [0.2, 0.25) is 11.8 Å². The molecule has 0 saturated carbocycles. The highest BCUT2D eigenvalue weighted by Crippen LogP contribution is 2.04. The summed E-state index contributed by atoms with van der Waals surface area (Å²) in [5.74, 6) is -0.591. The number of benzene rings is 1. The average Bonchev–Trinajstić information content (AvgIpc) is 2.55. The molecule has 0 saturated heterocycles.